The Labute approximate surface area is 172 Å². The van der Waals surface area contributed by atoms with Gasteiger partial charge < -0.3 is 10.6 Å². The van der Waals surface area contributed by atoms with E-state index in [1.165, 1.54) is 18.3 Å². The highest BCUT2D eigenvalue weighted by Gasteiger charge is 2.15. The molecule has 1 heterocycles. The standard InChI is InChI=1S/C20H18ClN5O3/c1-12-6-7-16(26(28)29)9-17(12)20(27)24-15-5-3-4-14(8-15)13(2)23-19-11-22-10-18(21)25-19/h3-11,13H,1-2H3,(H,23,25)(H,24,27)/t13-/m0/s1. The third kappa shape index (κ3) is 5.05. The largest absolute Gasteiger partial charge is 0.362 e. The first kappa shape index (κ1) is 20.2. The molecule has 0 aliphatic rings. The maximum atomic E-state index is 12.6. The number of amides is 1. The van der Waals surface area contributed by atoms with Gasteiger partial charge in [0, 0.05) is 23.4 Å². The van der Waals surface area contributed by atoms with Crippen LogP contribution in [-0.2, 0) is 0 Å². The number of nitrogens with one attached hydrogen (secondary N) is 2. The number of anilines is 2. The van der Waals surface area contributed by atoms with Gasteiger partial charge in [0.2, 0.25) is 0 Å². The van der Waals surface area contributed by atoms with E-state index in [0.717, 1.165) is 5.56 Å². The predicted molar refractivity (Wildman–Crippen MR) is 111 cm³/mol. The van der Waals surface area contributed by atoms with Gasteiger partial charge in [-0.1, -0.05) is 29.8 Å². The summed E-state index contributed by atoms with van der Waals surface area (Å²) >= 11 is 5.86. The Kier molecular flexibility index (Phi) is 6.04. The molecule has 0 saturated carbocycles. The van der Waals surface area contributed by atoms with Crippen molar-refractivity contribution in [3.8, 4) is 0 Å². The van der Waals surface area contributed by atoms with Gasteiger partial charge in [0.05, 0.1) is 23.4 Å². The highest BCUT2D eigenvalue weighted by Crippen LogP contribution is 2.23. The minimum absolute atomic E-state index is 0.126. The van der Waals surface area contributed by atoms with Crippen molar-refractivity contribution in [1.29, 1.82) is 0 Å². The van der Waals surface area contributed by atoms with Crippen LogP contribution in [0.5, 0.6) is 0 Å². The zero-order valence-electron chi connectivity index (χ0n) is 15.7. The number of aromatic nitrogens is 2. The lowest BCUT2D eigenvalue weighted by molar-refractivity contribution is -0.384. The van der Waals surface area contributed by atoms with Gasteiger partial charge in [0.1, 0.15) is 11.0 Å². The number of halogens is 1. The summed E-state index contributed by atoms with van der Waals surface area (Å²) in [5.74, 6) is 0.122. The van der Waals surface area contributed by atoms with Gasteiger partial charge in [-0.25, -0.2) is 4.98 Å². The van der Waals surface area contributed by atoms with Gasteiger partial charge in [-0.15, -0.1) is 0 Å². The minimum atomic E-state index is -0.525. The van der Waals surface area contributed by atoms with E-state index in [1.54, 1.807) is 25.3 Å². The van der Waals surface area contributed by atoms with E-state index in [-0.39, 0.29) is 22.4 Å². The minimum Gasteiger partial charge on any atom is -0.362 e. The number of non-ortho nitro benzene ring substituents is 1. The van der Waals surface area contributed by atoms with Crippen LogP contribution in [0.3, 0.4) is 0 Å². The van der Waals surface area contributed by atoms with Gasteiger partial charge in [-0.05, 0) is 37.1 Å². The molecule has 2 aromatic carbocycles. The molecule has 1 amide bonds. The van der Waals surface area contributed by atoms with Crippen molar-refractivity contribution in [2.45, 2.75) is 19.9 Å². The second kappa shape index (κ2) is 8.66. The lowest BCUT2D eigenvalue weighted by Crippen LogP contribution is -2.14. The van der Waals surface area contributed by atoms with E-state index in [0.29, 0.717) is 17.1 Å². The molecule has 2 N–H and O–H groups in total. The Morgan fingerprint density at radius 3 is 2.72 bits per heavy atom. The zero-order chi connectivity index (χ0) is 21.0. The van der Waals surface area contributed by atoms with Crippen molar-refractivity contribution in [1.82, 2.24) is 9.97 Å². The van der Waals surface area contributed by atoms with Crippen LogP contribution in [-0.4, -0.2) is 20.8 Å². The molecule has 0 fully saturated rings. The van der Waals surface area contributed by atoms with Crippen molar-refractivity contribution < 1.29 is 9.72 Å². The summed E-state index contributed by atoms with van der Waals surface area (Å²) in [6.07, 6.45) is 3.02. The van der Waals surface area contributed by atoms with Gasteiger partial charge in [-0.3, -0.25) is 19.9 Å². The Balaban J connectivity index is 1.77. The van der Waals surface area contributed by atoms with Gasteiger partial charge in [0.15, 0.2) is 0 Å². The third-order valence-corrected chi connectivity index (χ3v) is 4.47. The summed E-state index contributed by atoms with van der Waals surface area (Å²) < 4.78 is 0. The number of rotatable bonds is 6. The molecule has 1 atom stereocenters. The molecule has 0 unspecified atom stereocenters. The number of nitrogens with zero attached hydrogens (tertiary/aromatic N) is 3. The number of carbonyl (C=O) groups is 1. The molecule has 0 radical (unpaired) electrons. The van der Waals surface area contributed by atoms with Crippen molar-refractivity contribution >= 4 is 34.7 Å². The molecule has 9 heteroatoms. The van der Waals surface area contributed by atoms with E-state index in [9.17, 15) is 14.9 Å². The van der Waals surface area contributed by atoms with E-state index in [2.05, 4.69) is 20.6 Å². The molecule has 0 bridgehead atoms. The number of aryl methyl sites for hydroxylation is 1. The lowest BCUT2D eigenvalue weighted by Gasteiger charge is -2.16. The summed E-state index contributed by atoms with van der Waals surface area (Å²) in [5.41, 5.74) is 2.25. The van der Waals surface area contributed by atoms with E-state index in [4.69, 9.17) is 11.6 Å². The maximum Gasteiger partial charge on any atom is 0.270 e. The van der Waals surface area contributed by atoms with Gasteiger partial charge >= 0.3 is 0 Å². The molecular formula is C20H18ClN5O3. The fourth-order valence-electron chi connectivity index (χ4n) is 2.77. The monoisotopic (exact) mass is 411 g/mol. The average molecular weight is 412 g/mol. The summed E-state index contributed by atoms with van der Waals surface area (Å²) in [5, 5.41) is 17.3. The Morgan fingerprint density at radius 1 is 1.21 bits per heavy atom. The zero-order valence-corrected chi connectivity index (χ0v) is 16.5. The quantitative estimate of drug-likeness (QED) is 0.446. The summed E-state index contributed by atoms with van der Waals surface area (Å²) in [7, 11) is 0. The second-order valence-electron chi connectivity index (χ2n) is 6.43. The van der Waals surface area contributed by atoms with Crippen molar-refractivity contribution in [2.24, 2.45) is 0 Å². The summed E-state index contributed by atoms with van der Waals surface area (Å²) in [6, 6.07) is 11.4. The van der Waals surface area contributed by atoms with Crippen molar-refractivity contribution in [2.75, 3.05) is 10.6 Å². The summed E-state index contributed by atoms with van der Waals surface area (Å²) in [4.78, 5) is 31.2. The third-order valence-electron chi connectivity index (χ3n) is 4.29. The molecule has 148 valence electrons. The number of benzene rings is 2. The highest BCUT2D eigenvalue weighted by molar-refractivity contribution is 6.29. The highest BCUT2D eigenvalue weighted by atomic mass is 35.5. The first-order valence-corrected chi connectivity index (χ1v) is 9.11. The smallest absolute Gasteiger partial charge is 0.270 e. The predicted octanol–water partition coefficient (Wildman–Crippen LogP) is 4.77. The molecule has 29 heavy (non-hydrogen) atoms. The molecule has 1 aromatic heterocycles. The number of hydrogen-bond acceptors (Lipinski definition) is 6. The lowest BCUT2D eigenvalue weighted by atomic mass is 10.1. The van der Waals surface area contributed by atoms with Crippen LogP contribution in [0.15, 0.2) is 54.9 Å². The van der Waals surface area contributed by atoms with E-state index < -0.39 is 10.8 Å². The Morgan fingerprint density at radius 2 is 2.00 bits per heavy atom. The number of nitro benzene ring substituents is 1. The number of carbonyl (C=O) groups excluding carboxylic acids is 1. The average Bonchev–Trinajstić information content (AvgIpc) is 2.68. The first-order chi connectivity index (χ1) is 13.8. The van der Waals surface area contributed by atoms with Crippen LogP contribution < -0.4 is 10.6 Å². The second-order valence-corrected chi connectivity index (χ2v) is 6.82. The normalized spacial score (nSPS) is 11.6. The van der Waals surface area contributed by atoms with Crippen molar-refractivity contribution in [3.05, 3.63) is 86.8 Å². The molecule has 0 saturated heterocycles. The topological polar surface area (TPSA) is 110 Å². The van der Waals surface area contributed by atoms with E-state index >= 15 is 0 Å². The molecule has 0 aliphatic heterocycles. The summed E-state index contributed by atoms with van der Waals surface area (Å²) in [6.45, 7) is 3.67. The van der Waals surface area contributed by atoms with Crippen LogP contribution in [0.1, 0.15) is 34.5 Å². The van der Waals surface area contributed by atoms with Crippen LogP contribution in [0.25, 0.3) is 0 Å². The fourth-order valence-corrected chi connectivity index (χ4v) is 2.92. The van der Waals surface area contributed by atoms with Gasteiger partial charge in [0.25, 0.3) is 11.6 Å². The van der Waals surface area contributed by atoms with Crippen LogP contribution in [0.4, 0.5) is 17.2 Å². The van der Waals surface area contributed by atoms with Crippen LogP contribution >= 0.6 is 11.6 Å². The number of nitro groups is 1. The van der Waals surface area contributed by atoms with E-state index in [1.807, 2.05) is 25.1 Å². The molecule has 8 nitrogen and oxygen atoms in total. The van der Waals surface area contributed by atoms with Gasteiger partial charge in [-0.2, -0.15) is 0 Å². The molecule has 3 rings (SSSR count). The number of hydrogen-bond donors (Lipinski definition) is 2. The van der Waals surface area contributed by atoms with Crippen molar-refractivity contribution in [3.63, 3.8) is 0 Å². The van der Waals surface area contributed by atoms with Crippen LogP contribution in [0.2, 0.25) is 5.15 Å². The SMILES string of the molecule is Cc1ccc([N+](=O)[O-])cc1C(=O)Nc1cccc([C@H](C)Nc2cncc(Cl)n2)c1. The Hall–Kier alpha value is -3.52. The molecule has 0 spiro atoms. The molecule has 3 aromatic rings. The molecular weight excluding hydrogens is 394 g/mol. The Bertz CT molecular complexity index is 1070. The molecule has 0 aliphatic carbocycles. The van der Waals surface area contributed by atoms with Crippen LogP contribution in [0, 0.1) is 17.0 Å². The fraction of sp³-hybridized carbons (Fsp3) is 0.150. The maximum absolute atomic E-state index is 12.6. The first-order valence-electron chi connectivity index (χ1n) is 8.74.